The van der Waals surface area contributed by atoms with Gasteiger partial charge in [0.2, 0.25) is 41.4 Å². The lowest BCUT2D eigenvalue weighted by molar-refractivity contribution is -0.148. The molecule has 5 unspecified atom stereocenters. The van der Waals surface area contributed by atoms with E-state index >= 15 is 0 Å². The fraction of sp³-hybridized carbons (Fsp3) is 0.673. The van der Waals surface area contributed by atoms with Crippen LogP contribution in [0.15, 0.2) is 48.6 Å². The van der Waals surface area contributed by atoms with Gasteiger partial charge in [-0.05, 0) is 70.1 Å². The summed E-state index contributed by atoms with van der Waals surface area (Å²) in [6, 6.07) is -6.61. The number of amides is 7. The van der Waals surface area contributed by atoms with E-state index in [2.05, 4.69) is 57.8 Å². The SMILES string of the molecule is CCCCC/C=C\C/C=C\CCCCCCCC(=O)NC1C[C@H](O)[C@@H](O)NC(=O)C2[C@@H](O)[C@@H](C)CN2C(=O)C([C@@H](C)O)NC(=O)C([C@H](O)[C@H](O)c2ccc(O)cc2)NC(=O)[C@@H]2C[C@@H](O)CN2C(=O)C([C@@H](C)O)NC1=O. The van der Waals surface area contributed by atoms with Gasteiger partial charge in [0.1, 0.15) is 60.3 Å². The number of aromatic hydroxyl groups is 1. The molecule has 420 valence electrons. The van der Waals surface area contributed by atoms with Gasteiger partial charge >= 0.3 is 0 Å². The first-order valence-corrected chi connectivity index (χ1v) is 26.2. The minimum Gasteiger partial charge on any atom is -0.508 e. The van der Waals surface area contributed by atoms with E-state index in [1.54, 1.807) is 0 Å². The van der Waals surface area contributed by atoms with E-state index in [0.717, 1.165) is 74.3 Å². The first-order valence-electron chi connectivity index (χ1n) is 26.2. The second-order valence-electron chi connectivity index (χ2n) is 20.1. The van der Waals surface area contributed by atoms with Gasteiger partial charge in [0.25, 0.3) is 0 Å². The number of benzene rings is 1. The van der Waals surface area contributed by atoms with E-state index < -0.39 is 152 Å². The lowest BCUT2D eigenvalue weighted by Gasteiger charge is -2.34. The molecule has 0 aromatic heterocycles. The summed E-state index contributed by atoms with van der Waals surface area (Å²) in [5, 5.41) is 110. The number of carbonyl (C=O) groups excluding carboxylic acids is 7. The monoisotopic (exact) mass is 1060 g/mol. The standard InChI is InChI=1S/C52H81N7O16/c1-5-6-7-8-9-10-11-12-13-14-15-16-17-18-19-20-38(65)53-35-26-37(64)48(71)57-50(73)42-43(66)29(2)27-59(42)52(75)40(31(4)61)55-49(72)41(45(68)44(67)32-21-23-33(62)24-22-32)56-47(70)36-25-34(63)28-58(36)51(74)39(30(3)60)54-46(35)69/h9-10,12-13,21-24,29-31,34-37,39-45,48,60-64,66-68,71H,5-8,11,14-20,25-28H2,1-4H3,(H,53,65)(H,54,69)(H,55,72)(H,56,70)(H,57,73)/b10-9-,13-12-/t29-,30+,31+,34+,35?,36-,37-,39?,40?,41?,42?,43-,44+,45-,48+/m0/s1. The summed E-state index contributed by atoms with van der Waals surface area (Å²) in [6.07, 6.45) is 2.50. The highest BCUT2D eigenvalue weighted by Gasteiger charge is 2.50. The number of hydrogen-bond acceptors (Lipinski definition) is 16. The highest BCUT2D eigenvalue weighted by Crippen LogP contribution is 2.28. The normalized spacial score (nSPS) is 29.4. The Labute approximate surface area is 437 Å². The zero-order valence-electron chi connectivity index (χ0n) is 43.4. The molecule has 4 rings (SSSR count). The van der Waals surface area contributed by atoms with Crippen LogP contribution in [0.5, 0.6) is 5.75 Å². The topological polar surface area (TPSA) is 368 Å². The van der Waals surface area contributed by atoms with Crippen LogP contribution in [0.3, 0.4) is 0 Å². The smallest absolute Gasteiger partial charge is 0.248 e. The molecular weight excluding hydrogens is 979 g/mol. The molecule has 3 aliphatic rings. The van der Waals surface area contributed by atoms with Crippen LogP contribution in [0.1, 0.15) is 129 Å². The molecule has 0 aliphatic carbocycles. The van der Waals surface area contributed by atoms with Gasteiger partial charge < -0.3 is 82.3 Å². The van der Waals surface area contributed by atoms with Crippen molar-refractivity contribution in [3.05, 3.63) is 54.1 Å². The van der Waals surface area contributed by atoms with E-state index in [4.69, 9.17) is 0 Å². The molecule has 1 aromatic carbocycles. The van der Waals surface area contributed by atoms with Crippen LogP contribution in [-0.4, -0.2) is 189 Å². The third kappa shape index (κ3) is 18.0. The number of hydrogen-bond donors (Lipinski definition) is 14. The zero-order chi connectivity index (χ0) is 55.5. The average molecular weight is 1060 g/mol. The number of carbonyl (C=O) groups is 7. The van der Waals surface area contributed by atoms with E-state index in [9.17, 15) is 79.5 Å². The Bertz CT molecular complexity index is 2110. The number of rotatable bonds is 20. The van der Waals surface area contributed by atoms with Crippen molar-refractivity contribution < 1.29 is 79.5 Å². The van der Waals surface area contributed by atoms with Gasteiger partial charge in [-0.25, -0.2) is 0 Å². The van der Waals surface area contributed by atoms with Crippen molar-refractivity contribution in [3.63, 3.8) is 0 Å². The molecule has 0 spiro atoms. The number of allylic oxidation sites excluding steroid dienone is 4. The molecular formula is C52H81N7O16. The number of aliphatic hydroxyl groups excluding tert-OH is 8. The van der Waals surface area contributed by atoms with Crippen molar-refractivity contribution >= 4 is 41.4 Å². The molecule has 0 radical (unpaired) electrons. The summed E-state index contributed by atoms with van der Waals surface area (Å²) in [6.45, 7) is 4.97. The molecule has 3 heterocycles. The predicted octanol–water partition coefficient (Wildman–Crippen LogP) is -1.33. The molecule has 3 saturated heterocycles. The minimum atomic E-state index is -2.27. The van der Waals surface area contributed by atoms with Crippen molar-refractivity contribution in [2.24, 2.45) is 5.92 Å². The van der Waals surface area contributed by atoms with E-state index in [-0.39, 0.29) is 24.3 Å². The van der Waals surface area contributed by atoms with Crippen molar-refractivity contribution in [2.45, 2.75) is 203 Å². The molecule has 1 aromatic rings. The summed E-state index contributed by atoms with van der Waals surface area (Å²) >= 11 is 0. The van der Waals surface area contributed by atoms with Gasteiger partial charge in [-0.15, -0.1) is 0 Å². The Hall–Kier alpha value is -5.53. The molecule has 3 fully saturated rings. The Morgan fingerprint density at radius 2 is 1.24 bits per heavy atom. The Balaban J connectivity index is 1.62. The summed E-state index contributed by atoms with van der Waals surface area (Å²) < 4.78 is 0. The fourth-order valence-electron chi connectivity index (χ4n) is 9.39. The van der Waals surface area contributed by atoms with Crippen LogP contribution in [0.4, 0.5) is 0 Å². The van der Waals surface area contributed by atoms with Crippen molar-refractivity contribution in [2.75, 3.05) is 13.1 Å². The number of phenolic OH excluding ortho intramolecular Hbond substituents is 1. The number of nitrogens with zero attached hydrogens (tertiary/aromatic N) is 2. The van der Waals surface area contributed by atoms with Gasteiger partial charge in [0.05, 0.1) is 24.4 Å². The van der Waals surface area contributed by atoms with E-state index in [1.807, 2.05) is 0 Å². The second kappa shape index (κ2) is 30.3. The number of phenols is 1. The number of fused-ring (bicyclic) bond motifs is 2. The maximum atomic E-state index is 14.3. The Morgan fingerprint density at radius 1 is 0.680 bits per heavy atom. The van der Waals surface area contributed by atoms with Crippen LogP contribution in [0.25, 0.3) is 0 Å². The van der Waals surface area contributed by atoms with Gasteiger partial charge in [0, 0.05) is 38.3 Å². The first-order chi connectivity index (χ1) is 35.6. The maximum Gasteiger partial charge on any atom is 0.248 e. The van der Waals surface area contributed by atoms with Gasteiger partial charge in [-0.2, -0.15) is 0 Å². The number of nitrogens with one attached hydrogen (secondary N) is 5. The minimum absolute atomic E-state index is 0.0614. The fourth-order valence-corrected chi connectivity index (χ4v) is 9.39. The number of unbranched alkanes of at least 4 members (excludes halogenated alkanes) is 8. The summed E-state index contributed by atoms with van der Waals surface area (Å²) in [4.78, 5) is 100. The van der Waals surface area contributed by atoms with Crippen molar-refractivity contribution in [1.82, 2.24) is 36.4 Å². The van der Waals surface area contributed by atoms with Gasteiger partial charge in [-0.3, -0.25) is 33.6 Å². The van der Waals surface area contributed by atoms with Gasteiger partial charge in [0.15, 0.2) is 6.23 Å². The lowest BCUT2D eigenvalue weighted by atomic mass is 9.96. The van der Waals surface area contributed by atoms with E-state index in [0.29, 0.717) is 12.8 Å². The molecule has 23 nitrogen and oxygen atoms in total. The third-order valence-electron chi connectivity index (χ3n) is 13.9. The molecule has 23 heteroatoms. The molecule has 3 aliphatic heterocycles. The summed E-state index contributed by atoms with van der Waals surface area (Å²) in [7, 11) is 0. The molecule has 75 heavy (non-hydrogen) atoms. The first kappa shape index (κ1) is 62.0. The Morgan fingerprint density at radius 3 is 1.85 bits per heavy atom. The quantitative estimate of drug-likeness (QED) is 0.0531. The highest BCUT2D eigenvalue weighted by molar-refractivity contribution is 5.98. The maximum absolute atomic E-state index is 14.3. The van der Waals surface area contributed by atoms with Crippen LogP contribution in [0.2, 0.25) is 0 Å². The summed E-state index contributed by atoms with van der Waals surface area (Å²) in [5.41, 5.74) is -0.0614. The molecule has 7 amide bonds. The van der Waals surface area contributed by atoms with E-state index in [1.165, 1.54) is 38.3 Å². The summed E-state index contributed by atoms with van der Waals surface area (Å²) in [5.74, 6) is -8.97. The molecule has 0 saturated carbocycles. The highest BCUT2D eigenvalue weighted by atomic mass is 16.3. The van der Waals surface area contributed by atoms with Crippen LogP contribution < -0.4 is 26.6 Å². The Kier molecular flexibility index (Phi) is 25.0. The van der Waals surface area contributed by atoms with Crippen molar-refractivity contribution in [3.8, 4) is 5.75 Å². The van der Waals surface area contributed by atoms with Crippen LogP contribution >= 0.6 is 0 Å². The largest absolute Gasteiger partial charge is 0.508 e. The van der Waals surface area contributed by atoms with Crippen LogP contribution in [-0.2, 0) is 33.6 Å². The molecule has 15 atom stereocenters. The average Bonchev–Trinajstić information content (AvgIpc) is 3.91. The predicted molar refractivity (Wildman–Crippen MR) is 271 cm³/mol. The second-order valence-corrected chi connectivity index (χ2v) is 20.1. The third-order valence-corrected chi connectivity index (χ3v) is 13.9. The molecule has 14 N–H and O–H groups in total. The van der Waals surface area contributed by atoms with Gasteiger partial charge in [-0.1, -0.05) is 82.4 Å². The van der Waals surface area contributed by atoms with Crippen LogP contribution in [0, 0.1) is 5.92 Å². The number of aliphatic hydroxyl groups is 8. The molecule has 0 bridgehead atoms. The van der Waals surface area contributed by atoms with Crippen molar-refractivity contribution in [1.29, 1.82) is 0 Å². The lowest BCUT2D eigenvalue weighted by Crippen LogP contribution is -2.64. The zero-order valence-corrected chi connectivity index (χ0v) is 43.4.